The molecule has 0 spiro atoms. The smallest absolute Gasteiger partial charge is 0.252 e. The molecule has 1 aliphatic rings. The van der Waals surface area contributed by atoms with Gasteiger partial charge in [0, 0.05) is 32.1 Å². The van der Waals surface area contributed by atoms with Crippen LogP contribution in [-0.2, 0) is 0 Å². The number of anilines is 2. The predicted molar refractivity (Wildman–Crippen MR) is 132 cm³/mol. The number of carbonyl (C=O) groups excluding carboxylic acids is 1. The minimum Gasteiger partial charge on any atom is -0.362 e. The lowest BCUT2D eigenvalue weighted by Crippen LogP contribution is -2.34. The second-order valence-corrected chi connectivity index (χ2v) is 9.41. The van der Waals surface area contributed by atoms with Crippen molar-refractivity contribution >= 4 is 51.8 Å². The first-order valence-corrected chi connectivity index (χ1v) is 11.7. The van der Waals surface area contributed by atoms with Crippen molar-refractivity contribution in [2.75, 3.05) is 30.9 Å². The molecule has 2 N–H and O–H groups in total. The summed E-state index contributed by atoms with van der Waals surface area (Å²) in [7, 11) is 3.95. The minimum atomic E-state index is -0.661. The fraction of sp³-hybridized carbons (Fsp3) is 0.375. The lowest BCUT2D eigenvalue weighted by atomic mass is 9.86. The van der Waals surface area contributed by atoms with E-state index in [1.165, 1.54) is 6.07 Å². The maximum atomic E-state index is 13.7. The summed E-state index contributed by atoms with van der Waals surface area (Å²) >= 11 is 11.8. The fourth-order valence-corrected chi connectivity index (χ4v) is 4.66. The van der Waals surface area contributed by atoms with Gasteiger partial charge in [-0.15, -0.1) is 0 Å². The van der Waals surface area contributed by atoms with Gasteiger partial charge in [0.25, 0.3) is 5.91 Å². The predicted octanol–water partition coefficient (Wildman–Crippen LogP) is 5.54. The van der Waals surface area contributed by atoms with Crippen molar-refractivity contribution in [3.8, 4) is 0 Å². The molecule has 2 aromatic carbocycles. The van der Waals surface area contributed by atoms with E-state index < -0.39 is 11.7 Å². The molecule has 0 saturated heterocycles. The van der Waals surface area contributed by atoms with Gasteiger partial charge in [-0.3, -0.25) is 4.79 Å². The molecular formula is C24H26Cl2FN5O. The van der Waals surface area contributed by atoms with Crippen molar-refractivity contribution < 1.29 is 9.18 Å². The molecule has 9 heteroatoms. The van der Waals surface area contributed by atoms with E-state index in [1.54, 1.807) is 0 Å². The number of aromatic nitrogens is 2. The molecule has 0 unspecified atom stereocenters. The highest BCUT2D eigenvalue weighted by molar-refractivity contribution is 6.36. The highest BCUT2D eigenvalue weighted by Crippen LogP contribution is 2.29. The van der Waals surface area contributed by atoms with E-state index in [4.69, 9.17) is 28.2 Å². The third kappa shape index (κ3) is 5.47. The first kappa shape index (κ1) is 23.5. The van der Waals surface area contributed by atoms with Crippen LogP contribution in [0.5, 0.6) is 0 Å². The Morgan fingerprint density at radius 1 is 1.09 bits per heavy atom. The number of benzene rings is 2. The molecule has 0 radical (unpaired) electrons. The Morgan fingerprint density at radius 2 is 1.82 bits per heavy atom. The van der Waals surface area contributed by atoms with Crippen LogP contribution < -0.4 is 15.5 Å². The van der Waals surface area contributed by atoms with Crippen LogP contribution >= 0.6 is 23.2 Å². The van der Waals surface area contributed by atoms with Crippen molar-refractivity contribution in [1.82, 2.24) is 15.3 Å². The molecular weight excluding hydrogens is 464 g/mol. The van der Waals surface area contributed by atoms with Crippen LogP contribution in [0.3, 0.4) is 0 Å². The average Bonchev–Trinajstić information content (AvgIpc) is 2.80. The van der Waals surface area contributed by atoms with E-state index in [1.807, 2.05) is 43.3 Å². The lowest BCUT2D eigenvalue weighted by molar-refractivity contribution is 0.0943. The fourth-order valence-electron chi connectivity index (χ4n) is 4.19. The van der Waals surface area contributed by atoms with Gasteiger partial charge in [-0.05, 0) is 55.9 Å². The second-order valence-electron chi connectivity index (χ2n) is 8.60. The van der Waals surface area contributed by atoms with Crippen LogP contribution in [0.25, 0.3) is 10.9 Å². The number of rotatable bonds is 6. The normalized spacial score (nSPS) is 18.2. The van der Waals surface area contributed by atoms with Crippen LogP contribution in [0.2, 0.25) is 10.0 Å². The molecule has 1 aromatic heterocycles. The van der Waals surface area contributed by atoms with Crippen LogP contribution in [0, 0.1) is 11.7 Å². The molecule has 4 rings (SSSR count). The van der Waals surface area contributed by atoms with Gasteiger partial charge in [0.1, 0.15) is 11.6 Å². The number of amides is 1. The summed E-state index contributed by atoms with van der Waals surface area (Å²) in [6, 6.07) is 10.6. The second kappa shape index (κ2) is 10.1. The Morgan fingerprint density at radius 3 is 2.55 bits per heavy atom. The van der Waals surface area contributed by atoms with E-state index in [0.717, 1.165) is 48.5 Å². The monoisotopic (exact) mass is 489 g/mol. The lowest BCUT2D eigenvalue weighted by Gasteiger charge is -2.29. The first-order valence-electron chi connectivity index (χ1n) is 10.9. The molecule has 1 heterocycles. The largest absolute Gasteiger partial charge is 0.362 e. The Labute approximate surface area is 202 Å². The van der Waals surface area contributed by atoms with Gasteiger partial charge in [0.2, 0.25) is 5.95 Å². The Bertz CT molecular complexity index is 1170. The Hall–Kier alpha value is -2.64. The number of hydrogen-bond donors (Lipinski definition) is 2. The van der Waals surface area contributed by atoms with Gasteiger partial charge in [0.05, 0.1) is 21.1 Å². The van der Waals surface area contributed by atoms with Gasteiger partial charge in [-0.1, -0.05) is 35.3 Å². The number of carbonyl (C=O) groups is 1. The summed E-state index contributed by atoms with van der Waals surface area (Å²) in [5.41, 5.74) is 1.01. The highest BCUT2D eigenvalue weighted by Gasteiger charge is 2.23. The molecule has 1 aliphatic carbocycles. The number of nitrogens with one attached hydrogen (secondary N) is 2. The summed E-state index contributed by atoms with van der Waals surface area (Å²) in [6.07, 6.45) is 3.80. The standard InChI is InChI=1S/C24H26Cl2FN5O/c1-32(2)22-16-5-3-4-6-21(16)30-24(31-22)29-15-9-7-14(8-10-15)13-28-23(33)17-11-20(27)19(26)12-18(17)25/h3-6,11-12,14-15H,7-10,13H2,1-2H3,(H,28,33)(H,29,30,31)/t14-,15+. The van der Waals surface area contributed by atoms with E-state index in [9.17, 15) is 9.18 Å². The zero-order valence-electron chi connectivity index (χ0n) is 18.5. The van der Waals surface area contributed by atoms with Crippen LogP contribution in [-0.4, -0.2) is 42.6 Å². The maximum Gasteiger partial charge on any atom is 0.252 e. The van der Waals surface area contributed by atoms with Gasteiger partial charge < -0.3 is 15.5 Å². The molecule has 1 saturated carbocycles. The zero-order valence-corrected chi connectivity index (χ0v) is 20.0. The quantitative estimate of drug-likeness (QED) is 0.444. The number of halogens is 3. The van der Waals surface area contributed by atoms with E-state index >= 15 is 0 Å². The van der Waals surface area contributed by atoms with E-state index in [-0.39, 0.29) is 21.7 Å². The van der Waals surface area contributed by atoms with Crippen molar-refractivity contribution in [3.63, 3.8) is 0 Å². The number of hydrogen-bond acceptors (Lipinski definition) is 5. The van der Waals surface area contributed by atoms with Gasteiger partial charge >= 0.3 is 0 Å². The summed E-state index contributed by atoms with van der Waals surface area (Å²) in [6.45, 7) is 0.517. The summed E-state index contributed by atoms with van der Waals surface area (Å²) in [5.74, 6) is 0.811. The third-order valence-electron chi connectivity index (χ3n) is 5.99. The zero-order chi connectivity index (χ0) is 23.5. The van der Waals surface area contributed by atoms with Crippen LogP contribution in [0.4, 0.5) is 16.2 Å². The van der Waals surface area contributed by atoms with E-state index in [0.29, 0.717) is 18.4 Å². The van der Waals surface area contributed by atoms with Gasteiger partial charge in [-0.2, -0.15) is 4.98 Å². The molecule has 1 fully saturated rings. The minimum absolute atomic E-state index is 0.0964. The third-order valence-corrected chi connectivity index (χ3v) is 6.59. The molecule has 3 aromatic rings. The molecule has 1 amide bonds. The van der Waals surface area contributed by atoms with Gasteiger partial charge in [-0.25, -0.2) is 9.37 Å². The summed E-state index contributed by atoms with van der Waals surface area (Å²) in [4.78, 5) is 23.8. The SMILES string of the molecule is CN(C)c1nc(N[C@H]2CC[C@@H](CNC(=O)c3cc(F)c(Cl)cc3Cl)CC2)nc2ccccc12. The average molecular weight is 490 g/mol. The topological polar surface area (TPSA) is 70.2 Å². The molecule has 0 atom stereocenters. The van der Waals surface area contributed by atoms with Crippen molar-refractivity contribution in [3.05, 3.63) is 57.8 Å². The number of fused-ring (bicyclic) bond motifs is 1. The Balaban J connectivity index is 1.32. The van der Waals surface area contributed by atoms with Crippen molar-refractivity contribution in [2.24, 2.45) is 5.92 Å². The van der Waals surface area contributed by atoms with Crippen LogP contribution in [0.15, 0.2) is 36.4 Å². The van der Waals surface area contributed by atoms with E-state index in [2.05, 4.69) is 15.6 Å². The van der Waals surface area contributed by atoms with Crippen molar-refractivity contribution in [1.29, 1.82) is 0 Å². The molecule has 33 heavy (non-hydrogen) atoms. The molecule has 0 bridgehead atoms. The first-order chi connectivity index (χ1) is 15.8. The van der Waals surface area contributed by atoms with Crippen LogP contribution in [0.1, 0.15) is 36.0 Å². The maximum absolute atomic E-state index is 13.7. The summed E-state index contributed by atoms with van der Waals surface area (Å²) < 4.78 is 13.7. The number of para-hydroxylation sites is 1. The molecule has 6 nitrogen and oxygen atoms in total. The molecule has 0 aliphatic heterocycles. The van der Waals surface area contributed by atoms with Crippen molar-refractivity contribution in [2.45, 2.75) is 31.7 Å². The summed E-state index contributed by atoms with van der Waals surface area (Å²) in [5, 5.41) is 7.43. The molecule has 174 valence electrons. The van der Waals surface area contributed by atoms with Gasteiger partial charge in [0.15, 0.2) is 0 Å². The Kier molecular flexibility index (Phi) is 7.20. The number of nitrogens with zero attached hydrogens (tertiary/aromatic N) is 3. The highest BCUT2D eigenvalue weighted by atomic mass is 35.5.